The minimum atomic E-state index is -1.12. The zero-order valence-corrected chi connectivity index (χ0v) is 13.9. The Labute approximate surface area is 135 Å². The van der Waals surface area contributed by atoms with Gasteiger partial charge in [0.25, 0.3) is 0 Å². The van der Waals surface area contributed by atoms with Gasteiger partial charge in [0.1, 0.15) is 11.5 Å². The summed E-state index contributed by atoms with van der Waals surface area (Å²) in [5, 5.41) is 18.2. The standard InChI is InChI=1S/C18H22N2O3/c1-10-15-14(20-19-10)9-18(3,22)17(11(2)21)16(15)12-5-7-13(23-4)8-6-12/h5-8,16-17,22H,9H2,1-4H3,(H,19,20)/t16-,17-,18+/m1/s1. The topological polar surface area (TPSA) is 75.2 Å². The molecule has 1 aliphatic carbocycles. The molecule has 0 unspecified atom stereocenters. The largest absolute Gasteiger partial charge is 0.497 e. The van der Waals surface area contributed by atoms with Crippen LogP contribution < -0.4 is 4.74 Å². The molecule has 1 heterocycles. The fourth-order valence-electron chi connectivity index (χ4n) is 3.85. The van der Waals surface area contributed by atoms with Gasteiger partial charge in [-0.1, -0.05) is 12.1 Å². The molecule has 1 aromatic heterocycles. The number of rotatable bonds is 3. The van der Waals surface area contributed by atoms with Gasteiger partial charge in [-0.2, -0.15) is 5.10 Å². The molecule has 2 N–H and O–H groups in total. The molecule has 0 radical (unpaired) electrons. The van der Waals surface area contributed by atoms with Gasteiger partial charge in [-0.3, -0.25) is 9.89 Å². The van der Waals surface area contributed by atoms with Crippen molar-refractivity contribution in [3.63, 3.8) is 0 Å². The number of aryl methyl sites for hydroxylation is 1. The molecule has 0 amide bonds. The Bertz CT molecular complexity index is 731. The molecule has 0 saturated carbocycles. The predicted octanol–water partition coefficient (Wildman–Crippen LogP) is 2.37. The number of hydrogen-bond acceptors (Lipinski definition) is 4. The number of hydrogen-bond donors (Lipinski definition) is 2. The third kappa shape index (κ3) is 2.55. The van der Waals surface area contributed by atoms with Gasteiger partial charge in [0.2, 0.25) is 0 Å². The first-order valence-electron chi connectivity index (χ1n) is 7.75. The molecule has 3 rings (SSSR count). The van der Waals surface area contributed by atoms with E-state index in [0.29, 0.717) is 6.42 Å². The quantitative estimate of drug-likeness (QED) is 0.912. The maximum absolute atomic E-state index is 12.3. The maximum atomic E-state index is 12.3. The zero-order valence-electron chi connectivity index (χ0n) is 13.9. The van der Waals surface area contributed by atoms with E-state index >= 15 is 0 Å². The number of fused-ring (bicyclic) bond motifs is 1. The molecule has 0 bridgehead atoms. The summed E-state index contributed by atoms with van der Waals surface area (Å²) in [7, 11) is 1.62. The van der Waals surface area contributed by atoms with E-state index in [-0.39, 0.29) is 11.7 Å². The third-order valence-electron chi connectivity index (χ3n) is 4.83. The van der Waals surface area contributed by atoms with Gasteiger partial charge in [0, 0.05) is 23.6 Å². The first kappa shape index (κ1) is 15.7. The monoisotopic (exact) mass is 314 g/mol. The van der Waals surface area contributed by atoms with E-state index in [9.17, 15) is 9.90 Å². The van der Waals surface area contributed by atoms with Crippen LogP contribution in [0.3, 0.4) is 0 Å². The summed E-state index contributed by atoms with van der Waals surface area (Å²) in [5.74, 6) is 0.0394. The van der Waals surface area contributed by atoms with Crippen LogP contribution >= 0.6 is 0 Å². The number of ether oxygens (including phenoxy) is 1. The van der Waals surface area contributed by atoms with Crippen molar-refractivity contribution >= 4 is 5.78 Å². The van der Waals surface area contributed by atoms with Crippen LogP contribution in [0.1, 0.15) is 42.3 Å². The highest BCUT2D eigenvalue weighted by Crippen LogP contribution is 2.46. The van der Waals surface area contributed by atoms with E-state index < -0.39 is 11.5 Å². The first-order chi connectivity index (χ1) is 10.8. The lowest BCUT2D eigenvalue weighted by atomic mass is 9.64. The van der Waals surface area contributed by atoms with E-state index in [1.54, 1.807) is 21.0 Å². The van der Waals surface area contributed by atoms with Gasteiger partial charge in [0.15, 0.2) is 0 Å². The number of aromatic nitrogens is 2. The highest BCUT2D eigenvalue weighted by molar-refractivity contribution is 5.82. The molecule has 0 saturated heterocycles. The number of carbonyl (C=O) groups excluding carboxylic acids is 1. The lowest BCUT2D eigenvalue weighted by Crippen LogP contribution is -2.48. The molecule has 2 aromatic rings. The number of methoxy groups -OCH3 is 1. The number of benzene rings is 1. The number of nitrogens with one attached hydrogen (secondary N) is 1. The average molecular weight is 314 g/mol. The van der Waals surface area contributed by atoms with E-state index in [2.05, 4.69) is 10.2 Å². The summed E-state index contributed by atoms with van der Waals surface area (Å²) in [6.07, 6.45) is 0.379. The minimum absolute atomic E-state index is 0.0120. The SMILES string of the molecule is COc1ccc([C@@H]2c3c(n[nH]c3C)C[C@](C)(O)[C@@H]2C(C)=O)cc1. The summed E-state index contributed by atoms with van der Waals surface area (Å²) in [6.45, 7) is 5.23. The summed E-state index contributed by atoms with van der Waals surface area (Å²) in [5.41, 5.74) is 2.68. The van der Waals surface area contributed by atoms with Crippen molar-refractivity contribution in [1.82, 2.24) is 10.2 Å². The highest BCUT2D eigenvalue weighted by atomic mass is 16.5. The maximum Gasteiger partial charge on any atom is 0.136 e. The Kier molecular flexibility index (Phi) is 3.76. The van der Waals surface area contributed by atoms with Gasteiger partial charge in [0.05, 0.1) is 24.3 Å². The van der Waals surface area contributed by atoms with E-state index in [0.717, 1.165) is 28.3 Å². The number of aromatic amines is 1. The van der Waals surface area contributed by atoms with Crippen LogP contribution in [-0.2, 0) is 11.2 Å². The van der Waals surface area contributed by atoms with Crippen molar-refractivity contribution in [1.29, 1.82) is 0 Å². The van der Waals surface area contributed by atoms with Crippen molar-refractivity contribution in [2.45, 2.75) is 38.7 Å². The first-order valence-corrected chi connectivity index (χ1v) is 7.75. The normalized spacial score (nSPS) is 26.7. The molecule has 5 nitrogen and oxygen atoms in total. The van der Waals surface area contributed by atoms with Crippen LogP contribution in [-0.4, -0.2) is 33.8 Å². The van der Waals surface area contributed by atoms with Crippen LogP contribution in [0.15, 0.2) is 24.3 Å². The fourth-order valence-corrected chi connectivity index (χ4v) is 3.85. The highest BCUT2D eigenvalue weighted by Gasteiger charge is 2.48. The summed E-state index contributed by atoms with van der Waals surface area (Å²) in [4.78, 5) is 12.3. The predicted molar refractivity (Wildman–Crippen MR) is 86.7 cm³/mol. The Morgan fingerprint density at radius 1 is 1.39 bits per heavy atom. The number of nitrogens with zero attached hydrogens (tertiary/aromatic N) is 1. The van der Waals surface area contributed by atoms with E-state index in [4.69, 9.17) is 4.74 Å². The lowest BCUT2D eigenvalue weighted by Gasteiger charge is -2.41. The van der Waals surface area contributed by atoms with Gasteiger partial charge in [-0.15, -0.1) is 0 Å². The lowest BCUT2D eigenvalue weighted by molar-refractivity contribution is -0.130. The second-order valence-corrected chi connectivity index (χ2v) is 6.58. The number of H-pyrrole nitrogens is 1. The number of Topliss-reactive ketones (excluding diaryl/α,β-unsaturated/α-hetero) is 1. The van der Waals surface area contributed by atoms with Crippen molar-refractivity contribution in [3.8, 4) is 5.75 Å². The summed E-state index contributed by atoms with van der Waals surface area (Å²) in [6, 6.07) is 7.67. The Balaban J connectivity index is 2.19. The second kappa shape index (κ2) is 5.49. The van der Waals surface area contributed by atoms with E-state index in [1.807, 2.05) is 31.2 Å². The van der Waals surface area contributed by atoms with Gasteiger partial charge < -0.3 is 9.84 Å². The number of ketones is 1. The Morgan fingerprint density at radius 3 is 2.61 bits per heavy atom. The molecule has 0 aliphatic heterocycles. The van der Waals surface area contributed by atoms with Crippen molar-refractivity contribution < 1.29 is 14.6 Å². The van der Waals surface area contributed by atoms with Crippen molar-refractivity contribution in [2.75, 3.05) is 7.11 Å². The average Bonchev–Trinajstić information content (AvgIpc) is 2.85. The Hall–Kier alpha value is -2.14. The van der Waals surface area contributed by atoms with Crippen molar-refractivity contribution in [3.05, 3.63) is 46.8 Å². The summed E-state index contributed by atoms with van der Waals surface area (Å²) < 4.78 is 5.22. The minimum Gasteiger partial charge on any atom is -0.497 e. The zero-order chi connectivity index (χ0) is 16.8. The second-order valence-electron chi connectivity index (χ2n) is 6.58. The summed E-state index contributed by atoms with van der Waals surface area (Å²) >= 11 is 0. The molecule has 23 heavy (non-hydrogen) atoms. The van der Waals surface area contributed by atoms with Crippen LogP contribution in [0.2, 0.25) is 0 Å². The smallest absolute Gasteiger partial charge is 0.136 e. The molecule has 0 fully saturated rings. The molecule has 1 aliphatic rings. The van der Waals surface area contributed by atoms with E-state index in [1.165, 1.54) is 0 Å². The molecule has 1 aromatic carbocycles. The van der Waals surface area contributed by atoms with Gasteiger partial charge in [-0.25, -0.2) is 0 Å². The number of aliphatic hydroxyl groups is 1. The molecular formula is C18H22N2O3. The molecule has 0 spiro atoms. The molecular weight excluding hydrogens is 292 g/mol. The number of carbonyl (C=O) groups is 1. The Morgan fingerprint density at radius 2 is 2.04 bits per heavy atom. The van der Waals surface area contributed by atoms with Crippen LogP contribution in [0.25, 0.3) is 0 Å². The van der Waals surface area contributed by atoms with Crippen molar-refractivity contribution in [2.24, 2.45) is 5.92 Å². The molecule has 122 valence electrons. The van der Waals surface area contributed by atoms with Crippen LogP contribution in [0.4, 0.5) is 0 Å². The molecule has 3 atom stereocenters. The molecule has 5 heteroatoms. The third-order valence-corrected chi connectivity index (χ3v) is 4.83. The van der Waals surface area contributed by atoms with Gasteiger partial charge >= 0.3 is 0 Å². The van der Waals surface area contributed by atoms with Crippen LogP contribution in [0.5, 0.6) is 5.75 Å². The van der Waals surface area contributed by atoms with Gasteiger partial charge in [-0.05, 0) is 38.5 Å². The fraction of sp³-hybridized carbons (Fsp3) is 0.444. The van der Waals surface area contributed by atoms with Crippen LogP contribution in [0, 0.1) is 12.8 Å².